The Morgan fingerprint density at radius 3 is 1.13 bits per heavy atom. The molecule has 0 aromatic carbocycles. The first-order valence-corrected chi connectivity index (χ1v) is 36.1. The summed E-state index contributed by atoms with van der Waals surface area (Å²) in [6.45, 7) is 6.58. The van der Waals surface area contributed by atoms with Crippen LogP contribution in [0.5, 0.6) is 0 Å². The van der Waals surface area contributed by atoms with Gasteiger partial charge in [-0.05, 0) is 128 Å². The summed E-state index contributed by atoms with van der Waals surface area (Å²) in [6.07, 6.45) is 92.6. The Morgan fingerprint density at radius 1 is 0.419 bits per heavy atom. The van der Waals surface area contributed by atoms with Crippen LogP contribution >= 0.6 is 7.82 Å². The highest BCUT2D eigenvalue weighted by Crippen LogP contribution is 2.38. The molecule has 0 heterocycles. The van der Waals surface area contributed by atoms with Gasteiger partial charge >= 0.3 is 5.97 Å². The second kappa shape index (κ2) is 63.9. The summed E-state index contributed by atoms with van der Waals surface area (Å²) in [6, 6.07) is -0.920. The predicted octanol–water partition coefficient (Wildman–Crippen LogP) is 21.5. The van der Waals surface area contributed by atoms with Crippen LogP contribution < -0.4 is 10.2 Å². The van der Waals surface area contributed by atoms with Crippen LogP contribution in [-0.2, 0) is 27.9 Å². The number of phosphoric ester groups is 1. The Morgan fingerprint density at radius 2 is 0.744 bits per heavy atom. The number of carbonyl (C=O) groups is 2. The van der Waals surface area contributed by atoms with E-state index in [9.17, 15) is 19.0 Å². The minimum absolute atomic E-state index is 0.0377. The van der Waals surface area contributed by atoms with E-state index in [1.165, 1.54) is 96.3 Å². The topological polar surface area (TPSA) is 114 Å². The lowest BCUT2D eigenvalue weighted by atomic mass is 10.0. The van der Waals surface area contributed by atoms with E-state index in [0.29, 0.717) is 23.9 Å². The van der Waals surface area contributed by atoms with Crippen molar-refractivity contribution in [3.05, 3.63) is 146 Å². The first-order valence-electron chi connectivity index (χ1n) is 34.6. The fourth-order valence-corrected chi connectivity index (χ4v) is 9.98. The van der Waals surface area contributed by atoms with Crippen molar-refractivity contribution in [3.63, 3.8) is 0 Å². The number of ether oxygens (including phenoxy) is 1. The van der Waals surface area contributed by atoms with Crippen LogP contribution in [0.4, 0.5) is 0 Å². The molecule has 0 bridgehead atoms. The summed E-state index contributed by atoms with van der Waals surface area (Å²) < 4.78 is 30.4. The maximum atomic E-state index is 13.6. The van der Waals surface area contributed by atoms with E-state index in [0.717, 1.165) is 135 Å². The number of carbonyl (C=O) groups excluding carboxylic acids is 2. The zero-order chi connectivity index (χ0) is 62.8. The first-order chi connectivity index (χ1) is 41.9. The molecule has 1 amide bonds. The largest absolute Gasteiger partial charge is 0.756 e. The van der Waals surface area contributed by atoms with Crippen LogP contribution in [0, 0.1) is 0 Å². The summed E-state index contributed by atoms with van der Waals surface area (Å²) in [5.74, 6) is -0.602. The molecular formula is C76H129N2O7P. The van der Waals surface area contributed by atoms with Gasteiger partial charge in [-0.25, -0.2) is 0 Å². The van der Waals surface area contributed by atoms with Gasteiger partial charge in [-0.2, -0.15) is 0 Å². The van der Waals surface area contributed by atoms with Crippen molar-refractivity contribution in [1.29, 1.82) is 0 Å². The van der Waals surface area contributed by atoms with Crippen LogP contribution in [0.2, 0.25) is 0 Å². The number of hydrogen-bond acceptors (Lipinski definition) is 7. The number of unbranched alkanes of at least 4 members (excludes halogenated alkanes) is 23. The minimum atomic E-state index is -4.73. The van der Waals surface area contributed by atoms with Gasteiger partial charge in [0.15, 0.2) is 0 Å². The minimum Gasteiger partial charge on any atom is -0.756 e. The molecule has 86 heavy (non-hydrogen) atoms. The summed E-state index contributed by atoms with van der Waals surface area (Å²) in [5, 5.41) is 3.02. The highest BCUT2D eigenvalue weighted by molar-refractivity contribution is 7.45. The molecule has 10 heteroatoms. The van der Waals surface area contributed by atoms with Gasteiger partial charge in [-0.3, -0.25) is 14.2 Å². The first kappa shape index (κ1) is 81.9. The Labute approximate surface area is 529 Å². The van der Waals surface area contributed by atoms with Crippen molar-refractivity contribution >= 4 is 19.7 Å². The fraction of sp³-hybridized carbons (Fsp3) is 0.658. The van der Waals surface area contributed by atoms with E-state index in [2.05, 4.69) is 160 Å². The Hall–Kier alpha value is -4.11. The van der Waals surface area contributed by atoms with Crippen molar-refractivity contribution in [1.82, 2.24) is 5.32 Å². The zero-order valence-electron chi connectivity index (χ0n) is 56.0. The highest BCUT2D eigenvalue weighted by atomic mass is 31.2. The number of allylic oxidation sites excluding steroid dienone is 23. The number of quaternary nitrogens is 1. The van der Waals surface area contributed by atoms with Gasteiger partial charge in [0.05, 0.1) is 33.8 Å². The van der Waals surface area contributed by atoms with Gasteiger partial charge in [0, 0.05) is 12.8 Å². The van der Waals surface area contributed by atoms with Crippen LogP contribution in [0.1, 0.15) is 271 Å². The van der Waals surface area contributed by atoms with Crippen LogP contribution in [0.3, 0.4) is 0 Å². The quantitative estimate of drug-likeness (QED) is 0.0212. The standard InChI is InChI=1S/C76H129N2O7P/c1-7-10-13-16-19-22-25-28-30-32-34-36-37-38-39-40-41-43-44-46-48-50-53-56-59-62-65-68-75(79)77-73(72-84-86(81,82)83-71-70-78(4,5)6)74(67-64-61-58-55-52-27-24-21-18-15-12-9-3)85-76(80)69-66-63-60-57-54-51-49-47-45-42-35-33-31-29-26-23-20-17-14-11-8-2/h10-11,13-14,19-20,22-23,28-31,34-36,38-39,42,47,49,54,57,64,67,73-74H,7-9,12,15-18,21,24-27,32-33,37,40-41,43-46,48,50-53,55-56,58-63,65-66,68-72H2,1-6H3,(H-,77,79,81,82)/b13-10-,14-11-,22-19-,23-20-,30-28-,31-29-,36-34-,39-38-,42-35-,49-47-,57-54-,67-64-. The molecule has 3 unspecified atom stereocenters. The number of nitrogens with zero attached hydrogens (tertiary/aromatic N) is 1. The second-order valence-electron chi connectivity index (χ2n) is 23.9. The summed E-state index contributed by atoms with van der Waals surface area (Å²) in [4.78, 5) is 40.2. The predicted molar refractivity (Wildman–Crippen MR) is 371 cm³/mol. The Kier molecular flexibility index (Phi) is 60.8. The number of hydrogen-bond donors (Lipinski definition) is 1. The number of phosphoric acid groups is 1. The van der Waals surface area contributed by atoms with E-state index in [-0.39, 0.29) is 24.9 Å². The zero-order valence-corrected chi connectivity index (χ0v) is 56.9. The Balaban J connectivity index is 5.17. The van der Waals surface area contributed by atoms with E-state index in [1.54, 1.807) is 0 Å². The fourth-order valence-electron chi connectivity index (χ4n) is 9.26. The van der Waals surface area contributed by atoms with Crippen LogP contribution in [0.25, 0.3) is 0 Å². The van der Waals surface area contributed by atoms with E-state index >= 15 is 0 Å². The summed E-state index contributed by atoms with van der Waals surface area (Å²) in [5.41, 5.74) is 0. The van der Waals surface area contributed by atoms with Gasteiger partial charge in [0.2, 0.25) is 5.91 Å². The number of esters is 1. The molecule has 0 aliphatic rings. The number of nitrogens with one attached hydrogen (secondary N) is 1. The average molecular weight is 1210 g/mol. The normalized spacial score (nSPS) is 14.5. The smallest absolute Gasteiger partial charge is 0.306 e. The molecule has 0 aliphatic carbocycles. The molecule has 0 aliphatic heterocycles. The number of likely N-dealkylation sites (N-methyl/N-ethyl adjacent to an activating group) is 1. The van der Waals surface area contributed by atoms with E-state index < -0.39 is 26.6 Å². The van der Waals surface area contributed by atoms with Crippen LogP contribution in [0.15, 0.2) is 146 Å². The van der Waals surface area contributed by atoms with Crippen molar-refractivity contribution in [2.75, 3.05) is 40.9 Å². The lowest BCUT2D eigenvalue weighted by Crippen LogP contribution is -2.47. The van der Waals surface area contributed by atoms with E-state index in [1.807, 2.05) is 33.3 Å². The van der Waals surface area contributed by atoms with E-state index in [4.69, 9.17) is 13.8 Å². The monoisotopic (exact) mass is 1210 g/mol. The molecule has 0 fully saturated rings. The third kappa shape index (κ3) is 64.4. The van der Waals surface area contributed by atoms with Crippen molar-refractivity contribution in [2.45, 2.75) is 283 Å². The molecule has 0 saturated carbocycles. The molecule has 0 aromatic rings. The molecule has 3 atom stereocenters. The SMILES string of the molecule is CC/C=C\C/C=C\C/C=C\C/C=C\C/C=C\C/C=C\CCCCC(=O)OC(/C=C\CCCCCCCCCCCC)C(COP(=O)([O-])OCC[N+](C)(C)C)NC(=O)CCCCCCCCCCCCC/C=C\C/C=C\C/C=C\C/C=C\C/C=C\CC. The lowest BCUT2D eigenvalue weighted by Gasteiger charge is -2.30. The van der Waals surface area contributed by atoms with Gasteiger partial charge in [-0.15, -0.1) is 0 Å². The molecular weight excluding hydrogens is 1080 g/mol. The number of rotatable bonds is 61. The van der Waals surface area contributed by atoms with Crippen molar-refractivity contribution < 1.29 is 37.3 Å². The number of amides is 1. The third-order valence-corrected chi connectivity index (χ3v) is 15.5. The van der Waals surface area contributed by atoms with Crippen LogP contribution in [-0.4, -0.2) is 69.4 Å². The molecule has 0 spiro atoms. The molecule has 490 valence electrons. The van der Waals surface area contributed by atoms with Crippen molar-refractivity contribution in [2.24, 2.45) is 0 Å². The molecule has 0 aromatic heterocycles. The Bertz CT molecular complexity index is 1980. The summed E-state index contributed by atoms with van der Waals surface area (Å²) >= 11 is 0. The molecule has 1 N–H and O–H groups in total. The molecule has 9 nitrogen and oxygen atoms in total. The maximum Gasteiger partial charge on any atom is 0.306 e. The second-order valence-corrected chi connectivity index (χ2v) is 25.3. The van der Waals surface area contributed by atoms with Gasteiger partial charge in [0.1, 0.15) is 19.3 Å². The average Bonchev–Trinajstić information content (AvgIpc) is 3.69. The van der Waals surface area contributed by atoms with Crippen molar-refractivity contribution in [3.8, 4) is 0 Å². The summed E-state index contributed by atoms with van der Waals surface area (Å²) in [7, 11) is 1.14. The molecule has 0 rings (SSSR count). The lowest BCUT2D eigenvalue weighted by molar-refractivity contribution is -0.870. The van der Waals surface area contributed by atoms with Gasteiger partial charge < -0.3 is 28.5 Å². The maximum absolute atomic E-state index is 13.6. The van der Waals surface area contributed by atoms with Gasteiger partial charge in [-0.1, -0.05) is 276 Å². The van der Waals surface area contributed by atoms with Gasteiger partial charge in [0.25, 0.3) is 7.82 Å². The third-order valence-electron chi connectivity index (χ3n) is 14.5. The molecule has 0 radical (unpaired) electrons. The molecule has 0 saturated heterocycles. The highest BCUT2D eigenvalue weighted by Gasteiger charge is 2.27.